The van der Waals surface area contributed by atoms with E-state index in [0.717, 1.165) is 0 Å². The van der Waals surface area contributed by atoms with Crippen LogP contribution in [0, 0.1) is 22.7 Å². The summed E-state index contributed by atoms with van der Waals surface area (Å²) in [5.74, 6) is -1.57. The summed E-state index contributed by atoms with van der Waals surface area (Å²) in [7, 11) is 0. The van der Waals surface area contributed by atoms with Crippen molar-refractivity contribution < 1.29 is 33.4 Å². The van der Waals surface area contributed by atoms with Crippen LogP contribution in [0.4, 0.5) is 4.39 Å². The number of Topliss-reactive ketones (excluding diaryl/α,β-unsaturated/α-hetero) is 1. The fourth-order valence-electron chi connectivity index (χ4n) is 7.85. The Morgan fingerprint density at radius 1 is 1.33 bits per heavy atom. The number of nitrogens with zero attached hydrogens (tertiary/aromatic N) is 1. The number of alkyl halides is 1. The largest absolute Gasteiger partial charge is 0.475 e. The highest BCUT2D eigenvalue weighted by atomic mass is 19.1. The van der Waals surface area contributed by atoms with E-state index in [1.54, 1.807) is 19.9 Å². The minimum absolute atomic E-state index is 0.0117. The van der Waals surface area contributed by atoms with Gasteiger partial charge in [0.25, 0.3) is 0 Å². The Labute approximate surface area is 192 Å². The van der Waals surface area contributed by atoms with Gasteiger partial charge in [-0.05, 0) is 50.7 Å². The third-order valence-corrected chi connectivity index (χ3v) is 9.31. The van der Waals surface area contributed by atoms with Gasteiger partial charge in [0.05, 0.1) is 6.10 Å². The summed E-state index contributed by atoms with van der Waals surface area (Å²) >= 11 is 0. The lowest BCUT2D eigenvalue weighted by atomic mass is 9.44. The van der Waals surface area contributed by atoms with E-state index in [1.807, 2.05) is 6.92 Å². The van der Waals surface area contributed by atoms with Crippen molar-refractivity contribution in [1.29, 1.82) is 0 Å². The van der Waals surface area contributed by atoms with Crippen molar-refractivity contribution in [3.8, 4) is 0 Å². The van der Waals surface area contributed by atoms with E-state index >= 15 is 4.39 Å². The number of ether oxygens (including phenoxy) is 2. The van der Waals surface area contributed by atoms with E-state index < -0.39 is 52.7 Å². The van der Waals surface area contributed by atoms with Crippen LogP contribution in [0.25, 0.3) is 0 Å². The number of halogens is 1. The molecule has 178 valence electrons. The minimum atomic E-state index is -1.99. The van der Waals surface area contributed by atoms with Crippen LogP contribution in [0.15, 0.2) is 28.8 Å². The van der Waals surface area contributed by atoms with Crippen molar-refractivity contribution in [2.45, 2.75) is 76.8 Å². The van der Waals surface area contributed by atoms with Gasteiger partial charge in [0.15, 0.2) is 29.5 Å². The van der Waals surface area contributed by atoms with Crippen LogP contribution in [0.5, 0.6) is 0 Å². The van der Waals surface area contributed by atoms with Gasteiger partial charge < -0.3 is 14.6 Å². The second-order valence-corrected chi connectivity index (χ2v) is 10.7. The maximum atomic E-state index is 17.2. The van der Waals surface area contributed by atoms with Gasteiger partial charge in [-0.3, -0.25) is 14.4 Å². The van der Waals surface area contributed by atoms with Gasteiger partial charge >= 0.3 is 5.97 Å². The zero-order chi connectivity index (χ0) is 24.0. The number of hydrogen-bond acceptors (Lipinski definition) is 7. The molecule has 0 radical (unpaired) electrons. The molecule has 5 aliphatic rings. The lowest BCUT2D eigenvalue weighted by Crippen LogP contribution is -2.69. The van der Waals surface area contributed by atoms with Gasteiger partial charge in [-0.25, -0.2) is 9.38 Å². The van der Waals surface area contributed by atoms with Gasteiger partial charge in [0, 0.05) is 30.6 Å². The summed E-state index contributed by atoms with van der Waals surface area (Å²) in [4.78, 5) is 41.6. The number of aliphatic hydroxyl groups excluding tert-OH is 1. The number of ketones is 2. The van der Waals surface area contributed by atoms with Gasteiger partial charge in [0.1, 0.15) is 6.10 Å². The van der Waals surface area contributed by atoms with Crippen LogP contribution in [0.3, 0.4) is 0 Å². The molecular weight excluding hydrogens is 429 g/mol. The van der Waals surface area contributed by atoms with Crippen LogP contribution in [0.1, 0.15) is 53.4 Å². The molecule has 4 aliphatic carbocycles. The highest BCUT2D eigenvalue weighted by molar-refractivity contribution is 6.01. The van der Waals surface area contributed by atoms with E-state index in [0.29, 0.717) is 30.7 Å². The summed E-state index contributed by atoms with van der Waals surface area (Å²) in [5.41, 5.74) is -4.60. The number of aliphatic imine (C=N–C) groups is 1. The Morgan fingerprint density at radius 2 is 2.06 bits per heavy atom. The molecule has 0 aromatic carbocycles. The molecule has 7 nitrogen and oxygen atoms in total. The molecule has 0 aromatic heterocycles. The summed E-state index contributed by atoms with van der Waals surface area (Å²) in [5, 5.41) is 11.4. The lowest BCUT2D eigenvalue weighted by Gasteiger charge is -2.62. The Morgan fingerprint density at radius 3 is 2.76 bits per heavy atom. The monoisotopic (exact) mass is 459 g/mol. The van der Waals surface area contributed by atoms with Gasteiger partial charge in [-0.1, -0.05) is 18.6 Å². The zero-order valence-corrected chi connectivity index (χ0v) is 19.4. The SMILES string of the molecule is CC(=O)OCC(=O)[C@@]12N=C(C)O[C@@H]1C[C@H]1[C@@H]3CCC4=CC(=O)C=C[C@]4(C)[C@@]3(F)[C@@H](O)C[C@@]12C. The fraction of sp³-hybridized carbons (Fsp3) is 0.680. The predicted octanol–water partition coefficient (Wildman–Crippen LogP) is 2.66. The molecule has 0 spiro atoms. The smallest absolute Gasteiger partial charge is 0.303 e. The Hall–Kier alpha value is -2.35. The van der Waals surface area contributed by atoms with Crippen LogP contribution in [-0.2, 0) is 23.9 Å². The molecule has 0 aromatic rings. The van der Waals surface area contributed by atoms with Crippen LogP contribution in [-0.4, -0.2) is 58.6 Å². The van der Waals surface area contributed by atoms with Crippen LogP contribution >= 0.6 is 0 Å². The number of carbonyl (C=O) groups is 3. The van der Waals surface area contributed by atoms with E-state index in [4.69, 9.17) is 9.47 Å². The maximum Gasteiger partial charge on any atom is 0.303 e. The first kappa shape index (κ1) is 22.4. The zero-order valence-electron chi connectivity index (χ0n) is 19.4. The Bertz CT molecular complexity index is 1050. The molecule has 3 saturated carbocycles. The van der Waals surface area contributed by atoms with Crippen LogP contribution < -0.4 is 0 Å². The molecule has 3 fully saturated rings. The van der Waals surface area contributed by atoms with Crippen molar-refractivity contribution in [1.82, 2.24) is 0 Å². The van der Waals surface area contributed by atoms with Crippen LogP contribution in [0.2, 0.25) is 0 Å². The molecule has 0 saturated heterocycles. The predicted molar refractivity (Wildman–Crippen MR) is 116 cm³/mol. The second-order valence-electron chi connectivity index (χ2n) is 10.7. The average Bonchev–Trinajstić information content (AvgIpc) is 3.19. The van der Waals surface area contributed by atoms with Crippen molar-refractivity contribution in [3.63, 3.8) is 0 Å². The third kappa shape index (κ3) is 2.58. The number of esters is 1. The Kier molecular flexibility index (Phi) is 4.65. The Balaban J connectivity index is 1.60. The van der Waals surface area contributed by atoms with Crippen molar-refractivity contribution in [3.05, 3.63) is 23.8 Å². The molecule has 1 heterocycles. The summed E-state index contributed by atoms with van der Waals surface area (Å²) in [6.07, 6.45) is 3.97. The summed E-state index contributed by atoms with van der Waals surface area (Å²) in [6, 6.07) is 0. The first-order chi connectivity index (χ1) is 15.4. The first-order valence-corrected chi connectivity index (χ1v) is 11.6. The number of hydrogen-bond donors (Lipinski definition) is 1. The van der Waals surface area contributed by atoms with E-state index in [-0.39, 0.29) is 23.9 Å². The van der Waals surface area contributed by atoms with E-state index in [2.05, 4.69) is 4.99 Å². The number of allylic oxidation sites excluding steroid dienone is 4. The highest BCUT2D eigenvalue weighted by Gasteiger charge is 2.78. The number of carbonyl (C=O) groups excluding carboxylic acids is 3. The molecular formula is C25H30FNO6. The lowest BCUT2D eigenvalue weighted by molar-refractivity contribution is -0.198. The van der Waals surface area contributed by atoms with Gasteiger partial charge in [-0.2, -0.15) is 0 Å². The van der Waals surface area contributed by atoms with Gasteiger partial charge in [0.2, 0.25) is 5.78 Å². The topological polar surface area (TPSA) is 102 Å². The molecule has 5 rings (SSSR count). The molecule has 1 N–H and O–H groups in total. The molecule has 8 heteroatoms. The number of rotatable bonds is 3. The molecule has 0 amide bonds. The van der Waals surface area contributed by atoms with Gasteiger partial charge in [-0.15, -0.1) is 0 Å². The average molecular weight is 460 g/mol. The minimum Gasteiger partial charge on any atom is -0.475 e. The molecule has 1 aliphatic heterocycles. The van der Waals surface area contributed by atoms with Crippen molar-refractivity contribution >= 4 is 23.4 Å². The number of aliphatic hydroxyl groups is 1. The third-order valence-electron chi connectivity index (χ3n) is 9.31. The van der Waals surface area contributed by atoms with Crippen molar-refractivity contribution in [2.24, 2.45) is 27.7 Å². The first-order valence-electron chi connectivity index (χ1n) is 11.6. The van der Waals surface area contributed by atoms with Crippen molar-refractivity contribution in [2.75, 3.05) is 6.61 Å². The quantitative estimate of drug-likeness (QED) is 0.651. The molecule has 33 heavy (non-hydrogen) atoms. The second kappa shape index (κ2) is 6.84. The summed E-state index contributed by atoms with van der Waals surface area (Å²) < 4.78 is 28.2. The standard InChI is InChI=1S/C25H30FNO6/c1-13-27-25(20(31)12-32-14(2)28)21(33-13)10-18-17-6-5-15-9-16(29)7-8-22(15,3)24(17,26)19(30)11-23(18,25)4/h7-9,17-19,21,30H,5-6,10-12H2,1-4H3/t17-,18-,19-,21+,22-,23-,24-,25+/m0/s1. The normalized spacial score (nSPS) is 47.4. The maximum absolute atomic E-state index is 17.2. The van der Waals surface area contributed by atoms with E-state index in [1.165, 1.54) is 19.1 Å². The number of fused-ring (bicyclic) bond motifs is 7. The molecule has 0 unspecified atom stereocenters. The molecule has 0 bridgehead atoms. The fourth-order valence-corrected chi connectivity index (χ4v) is 7.85. The highest BCUT2D eigenvalue weighted by Crippen LogP contribution is 2.71. The van der Waals surface area contributed by atoms with E-state index in [9.17, 15) is 19.5 Å². The summed E-state index contributed by atoms with van der Waals surface area (Å²) in [6.45, 7) is 6.13. The molecule has 8 atom stereocenters.